The van der Waals surface area contributed by atoms with E-state index in [0.29, 0.717) is 0 Å². The minimum atomic E-state index is 0.977. The number of hydrogen-bond acceptors (Lipinski definition) is 0. The van der Waals surface area contributed by atoms with Gasteiger partial charge in [0, 0.05) is 0 Å². The highest BCUT2D eigenvalue weighted by Crippen LogP contribution is 2.30. The SMILES string of the molecule is CCC1CCCC(C)CC(C)C1. The monoisotopic (exact) mass is 168 g/mol. The molecule has 0 N–H and O–H groups in total. The molecule has 0 radical (unpaired) electrons. The predicted molar refractivity (Wildman–Crippen MR) is 55.2 cm³/mol. The zero-order valence-electron chi connectivity index (χ0n) is 8.97. The number of hydrogen-bond donors (Lipinski definition) is 0. The van der Waals surface area contributed by atoms with Gasteiger partial charge >= 0.3 is 0 Å². The Morgan fingerprint density at radius 3 is 2.42 bits per heavy atom. The highest BCUT2D eigenvalue weighted by molar-refractivity contribution is 4.69. The Kier molecular flexibility index (Phi) is 4.11. The molecule has 12 heavy (non-hydrogen) atoms. The first-order chi connectivity index (χ1) is 5.72. The second-order valence-corrected chi connectivity index (χ2v) is 4.89. The molecule has 1 saturated carbocycles. The highest BCUT2D eigenvalue weighted by Gasteiger charge is 2.17. The molecular weight excluding hydrogens is 144 g/mol. The summed E-state index contributed by atoms with van der Waals surface area (Å²) in [5.74, 6) is 3.00. The summed E-state index contributed by atoms with van der Waals surface area (Å²) in [5, 5.41) is 0. The lowest BCUT2D eigenvalue weighted by Crippen LogP contribution is -2.13. The van der Waals surface area contributed by atoms with Crippen LogP contribution in [0.3, 0.4) is 0 Å². The van der Waals surface area contributed by atoms with Gasteiger partial charge in [0.05, 0.1) is 0 Å². The van der Waals surface area contributed by atoms with E-state index in [0.717, 1.165) is 17.8 Å². The van der Waals surface area contributed by atoms with Crippen LogP contribution in [0.15, 0.2) is 0 Å². The van der Waals surface area contributed by atoms with E-state index in [-0.39, 0.29) is 0 Å². The van der Waals surface area contributed by atoms with Crippen molar-refractivity contribution >= 4 is 0 Å². The van der Waals surface area contributed by atoms with Crippen LogP contribution < -0.4 is 0 Å². The lowest BCUT2D eigenvalue weighted by atomic mass is 9.80. The van der Waals surface area contributed by atoms with Crippen LogP contribution in [0.2, 0.25) is 0 Å². The minimum Gasteiger partial charge on any atom is -0.0651 e. The van der Waals surface area contributed by atoms with E-state index >= 15 is 0 Å². The topological polar surface area (TPSA) is 0 Å². The standard InChI is InChI=1S/C12H24/c1-4-12-7-5-6-10(2)8-11(3)9-12/h10-12H,4-9H2,1-3H3. The molecule has 0 aromatic heterocycles. The molecule has 0 aromatic rings. The van der Waals surface area contributed by atoms with Gasteiger partial charge in [-0.2, -0.15) is 0 Å². The van der Waals surface area contributed by atoms with Gasteiger partial charge in [-0.3, -0.25) is 0 Å². The molecule has 0 aliphatic heterocycles. The molecule has 0 heteroatoms. The van der Waals surface area contributed by atoms with Crippen LogP contribution in [-0.2, 0) is 0 Å². The third-order valence-corrected chi connectivity index (χ3v) is 3.43. The summed E-state index contributed by atoms with van der Waals surface area (Å²) < 4.78 is 0. The van der Waals surface area contributed by atoms with Gasteiger partial charge in [-0.25, -0.2) is 0 Å². The minimum absolute atomic E-state index is 0.977. The van der Waals surface area contributed by atoms with E-state index in [1.165, 1.54) is 38.5 Å². The molecule has 1 aliphatic carbocycles. The van der Waals surface area contributed by atoms with Crippen LogP contribution in [0.25, 0.3) is 0 Å². The summed E-state index contributed by atoms with van der Waals surface area (Å²) in [4.78, 5) is 0. The summed E-state index contributed by atoms with van der Waals surface area (Å²) >= 11 is 0. The third-order valence-electron chi connectivity index (χ3n) is 3.43. The smallest absolute Gasteiger partial charge is 0.0414 e. The van der Waals surface area contributed by atoms with Gasteiger partial charge in [0.15, 0.2) is 0 Å². The van der Waals surface area contributed by atoms with E-state index in [1.54, 1.807) is 0 Å². The van der Waals surface area contributed by atoms with Crippen molar-refractivity contribution in [3.05, 3.63) is 0 Å². The van der Waals surface area contributed by atoms with E-state index in [1.807, 2.05) is 0 Å². The summed E-state index contributed by atoms with van der Waals surface area (Å²) in [6, 6.07) is 0. The van der Waals surface area contributed by atoms with E-state index in [4.69, 9.17) is 0 Å². The average molecular weight is 168 g/mol. The van der Waals surface area contributed by atoms with Crippen molar-refractivity contribution in [3.63, 3.8) is 0 Å². The molecule has 0 bridgehead atoms. The molecule has 3 atom stereocenters. The normalized spacial score (nSPS) is 38.8. The lowest BCUT2D eigenvalue weighted by molar-refractivity contribution is 0.263. The molecule has 0 heterocycles. The van der Waals surface area contributed by atoms with Crippen molar-refractivity contribution in [1.29, 1.82) is 0 Å². The maximum absolute atomic E-state index is 2.44. The van der Waals surface area contributed by atoms with Crippen molar-refractivity contribution in [2.75, 3.05) is 0 Å². The lowest BCUT2D eigenvalue weighted by Gasteiger charge is -2.26. The van der Waals surface area contributed by atoms with Gasteiger partial charge < -0.3 is 0 Å². The average Bonchev–Trinajstić information content (AvgIpc) is 1.99. The molecule has 72 valence electrons. The van der Waals surface area contributed by atoms with Gasteiger partial charge in [0.25, 0.3) is 0 Å². The Bertz CT molecular complexity index is 117. The van der Waals surface area contributed by atoms with Crippen LogP contribution in [0.1, 0.15) is 59.3 Å². The molecule has 3 unspecified atom stereocenters. The van der Waals surface area contributed by atoms with Gasteiger partial charge in [0.2, 0.25) is 0 Å². The molecule has 0 aromatic carbocycles. The Morgan fingerprint density at radius 1 is 1.00 bits per heavy atom. The second kappa shape index (κ2) is 4.89. The zero-order valence-corrected chi connectivity index (χ0v) is 8.97. The summed E-state index contributed by atoms with van der Waals surface area (Å²) in [6.45, 7) is 7.20. The largest absolute Gasteiger partial charge is 0.0651 e. The van der Waals surface area contributed by atoms with Crippen LogP contribution in [0, 0.1) is 17.8 Å². The highest BCUT2D eigenvalue weighted by atomic mass is 14.2. The molecule has 0 amide bonds. The molecule has 0 nitrogen and oxygen atoms in total. The Hall–Kier alpha value is 0. The van der Waals surface area contributed by atoms with Crippen molar-refractivity contribution in [1.82, 2.24) is 0 Å². The zero-order chi connectivity index (χ0) is 8.97. The van der Waals surface area contributed by atoms with Crippen molar-refractivity contribution in [3.8, 4) is 0 Å². The first-order valence-corrected chi connectivity index (χ1v) is 5.72. The molecule has 1 rings (SSSR count). The van der Waals surface area contributed by atoms with Crippen LogP contribution >= 0.6 is 0 Å². The van der Waals surface area contributed by atoms with Crippen LogP contribution in [0.5, 0.6) is 0 Å². The fourth-order valence-corrected chi connectivity index (χ4v) is 2.71. The second-order valence-electron chi connectivity index (χ2n) is 4.89. The van der Waals surface area contributed by atoms with Gasteiger partial charge in [0.1, 0.15) is 0 Å². The molecular formula is C12H24. The molecule has 1 fully saturated rings. The van der Waals surface area contributed by atoms with E-state index < -0.39 is 0 Å². The van der Waals surface area contributed by atoms with E-state index in [2.05, 4.69) is 20.8 Å². The first kappa shape index (κ1) is 10.1. The first-order valence-electron chi connectivity index (χ1n) is 5.72. The predicted octanol–water partition coefficient (Wildman–Crippen LogP) is 4.25. The van der Waals surface area contributed by atoms with Crippen molar-refractivity contribution in [2.45, 2.75) is 59.3 Å². The maximum Gasteiger partial charge on any atom is -0.0414 e. The Balaban J connectivity index is 2.37. The molecule has 0 spiro atoms. The molecule has 0 saturated heterocycles. The van der Waals surface area contributed by atoms with Crippen molar-refractivity contribution in [2.24, 2.45) is 17.8 Å². The van der Waals surface area contributed by atoms with Crippen molar-refractivity contribution < 1.29 is 0 Å². The molecule has 1 aliphatic rings. The Morgan fingerprint density at radius 2 is 1.75 bits per heavy atom. The fraction of sp³-hybridized carbons (Fsp3) is 1.00. The summed E-state index contributed by atoms with van der Waals surface area (Å²) in [5.41, 5.74) is 0. The number of rotatable bonds is 1. The Labute approximate surface area is 77.7 Å². The van der Waals surface area contributed by atoms with E-state index in [9.17, 15) is 0 Å². The van der Waals surface area contributed by atoms with Crippen LogP contribution in [0.4, 0.5) is 0 Å². The summed E-state index contributed by atoms with van der Waals surface area (Å²) in [7, 11) is 0. The fourth-order valence-electron chi connectivity index (χ4n) is 2.71. The van der Waals surface area contributed by atoms with Gasteiger partial charge in [-0.1, -0.05) is 46.5 Å². The van der Waals surface area contributed by atoms with Crippen LogP contribution in [-0.4, -0.2) is 0 Å². The third kappa shape index (κ3) is 3.16. The van der Waals surface area contributed by atoms with Gasteiger partial charge in [-0.15, -0.1) is 0 Å². The van der Waals surface area contributed by atoms with Gasteiger partial charge in [-0.05, 0) is 30.6 Å². The maximum atomic E-state index is 2.44. The quantitative estimate of drug-likeness (QED) is 0.549. The summed E-state index contributed by atoms with van der Waals surface area (Å²) in [6.07, 6.45) is 8.80.